The first-order chi connectivity index (χ1) is 8.47. The molecule has 0 fully saturated rings. The Labute approximate surface area is 108 Å². The van der Waals surface area contributed by atoms with Crippen LogP contribution >= 0.6 is 11.3 Å². The number of nitrogens with zero attached hydrogens (tertiary/aromatic N) is 3. The monoisotopic (exact) mass is 266 g/mol. The summed E-state index contributed by atoms with van der Waals surface area (Å²) in [5, 5.41) is 18.0. The Morgan fingerprint density at radius 1 is 1.56 bits per heavy atom. The van der Waals surface area contributed by atoms with Crippen molar-refractivity contribution in [2.24, 2.45) is 7.05 Å². The number of aryl methyl sites for hydroxylation is 2. The molecule has 6 nitrogen and oxygen atoms in total. The first-order valence-electron chi connectivity index (χ1n) is 5.48. The number of anilines is 1. The number of thiophene rings is 1. The summed E-state index contributed by atoms with van der Waals surface area (Å²) in [6.45, 7) is 3.99. The standard InChI is InChI=1S/C11H14N4O2S/c1-7-4-5-10(18-7)8(2)12-11-9(15(16)17)6-14(3)13-11/h4-6,8H,1-3H3,(H,12,13). The van der Waals surface area contributed by atoms with Crippen LogP contribution in [0.3, 0.4) is 0 Å². The maximum absolute atomic E-state index is 10.9. The predicted octanol–water partition coefficient (Wildman–Crippen LogP) is 2.87. The van der Waals surface area contributed by atoms with E-state index in [9.17, 15) is 10.1 Å². The zero-order valence-electron chi connectivity index (χ0n) is 10.4. The minimum absolute atomic E-state index is 0.00220. The molecule has 18 heavy (non-hydrogen) atoms. The molecule has 0 saturated carbocycles. The van der Waals surface area contributed by atoms with Crippen molar-refractivity contribution < 1.29 is 4.92 Å². The van der Waals surface area contributed by atoms with Gasteiger partial charge in [0, 0.05) is 16.8 Å². The van der Waals surface area contributed by atoms with Crippen LogP contribution in [0.4, 0.5) is 11.5 Å². The zero-order chi connectivity index (χ0) is 13.3. The fourth-order valence-electron chi connectivity index (χ4n) is 1.67. The fourth-order valence-corrected chi connectivity index (χ4v) is 2.55. The lowest BCUT2D eigenvalue weighted by atomic mass is 10.2. The zero-order valence-corrected chi connectivity index (χ0v) is 11.2. The van der Waals surface area contributed by atoms with Crippen molar-refractivity contribution >= 4 is 22.8 Å². The number of nitrogens with one attached hydrogen (secondary N) is 1. The molecule has 0 radical (unpaired) electrons. The summed E-state index contributed by atoms with van der Waals surface area (Å²) in [7, 11) is 1.66. The molecule has 2 aromatic rings. The molecular formula is C11H14N4O2S. The van der Waals surface area contributed by atoms with Crippen LogP contribution in [0.5, 0.6) is 0 Å². The second-order valence-corrected chi connectivity index (χ2v) is 5.43. The van der Waals surface area contributed by atoms with Gasteiger partial charge in [0.05, 0.1) is 11.0 Å². The molecule has 0 amide bonds. The molecular weight excluding hydrogens is 252 g/mol. The average Bonchev–Trinajstić information content (AvgIpc) is 2.85. The van der Waals surface area contributed by atoms with Gasteiger partial charge in [0.25, 0.3) is 0 Å². The van der Waals surface area contributed by atoms with Crippen LogP contribution in [0.1, 0.15) is 22.7 Å². The summed E-state index contributed by atoms with van der Waals surface area (Å²) in [6.07, 6.45) is 1.40. The molecule has 1 unspecified atom stereocenters. The van der Waals surface area contributed by atoms with E-state index >= 15 is 0 Å². The first kappa shape index (κ1) is 12.6. The predicted molar refractivity (Wildman–Crippen MR) is 71.0 cm³/mol. The minimum atomic E-state index is -0.429. The topological polar surface area (TPSA) is 73.0 Å². The van der Waals surface area contributed by atoms with E-state index in [2.05, 4.69) is 10.4 Å². The molecule has 2 aromatic heterocycles. The molecule has 0 saturated heterocycles. The highest BCUT2D eigenvalue weighted by Gasteiger charge is 2.20. The van der Waals surface area contributed by atoms with Crippen LogP contribution in [0, 0.1) is 17.0 Å². The molecule has 1 N–H and O–H groups in total. The number of hydrogen-bond acceptors (Lipinski definition) is 5. The molecule has 0 aromatic carbocycles. The Morgan fingerprint density at radius 2 is 2.28 bits per heavy atom. The highest BCUT2D eigenvalue weighted by molar-refractivity contribution is 7.12. The minimum Gasteiger partial charge on any atom is -0.356 e. The van der Waals surface area contributed by atoms with E-state index in [1.807, 2.05) is 26.0 Å². The third kappa shape index (κ3) is 2.51. The van der Waals surface area contributed by atoms with E-state index in [0.29, 0.717) is 5.82 Å². The molecule has 0 spiro atoms. The van der Waals surface area contributed by atoms with Gasteiger partial charge >= 0.3 is 5.69 Å². The summed E-state index contributed by atoms with van der Waals surface area (Å²) in [5.41, 5.74) is -0.00220. The Hall–Kier alpha value is -1.89. The Morgan fingerprint density at radius 3 is 2.83 bits per heavy atom. The maximum atomic E-state index is 10.9. The molecule has 2 rings (SSSR count). The van der Waals surface area contributed by atoms with Gasteiger partial charge in [-0.2, -0.15) is 0 Å². The lowest BCUT2D eigenvalue weighted by molar-refractivity contribution is -0.384. The summed E-state index contributed by atoms with van der Waals surface area (Å²) < 4.78 is 1.44. The van der Waals surface area contributed by atoms with Gasteiger partial charge in [-0.05, 0) is 26.0 Å². The average molecular weight is 266 g/mol. The van der Waals surface area contributed by atoms with Crippen molar-refractivity contribution in [3.05, 3.63) is 38.2 Å². The highest BCUT2D eigenvalue weighted by atomic mass is 32.1. The van der Waals surface area contributed by atoms with E-state index in [1.165, 1.54) is 15.8 Å². The second-order valence-electron chi connectivity index (χ2n) is 4.11. The molecule has 0 aliphatic heterocycles. The van der Waals surface area contributed by atoms with Crippen molar-refractivity contribution in [2.45, 2.75) is 19.9 Å². The van der Waals surface area contributed by atoms with E-state index < -0.39 is 4.92 Å². The number of rotatable bonds is 4. The van der Waals surface area contributed by atoms with Crippen LogP contribution < -0.4 is 5.32 Å². The smallest absolute Gasteiger partial charge is 0.330 e. The SMILES string of the molecule is Cc1ccc(C(C)Nc2nn(C)cc2[N+](=O)[O-])s1. The third-order valence-electron chi connectivity index (χ3n) is 2.55. The third-order valence-corrected chi connectivity index (χ3v) is 3.73. The lowest BCUT2D eigenvalue weighted by Gasteiger charge is -2.10. The first-order valence-corrected chi connectivity index (χ1v) is 6.30. The van der Waals surface area contributed by atoms with Crippen molar-refractivity contribution in [3.8, 4) is 0 Å². The Kier molecular flexibility index (Phi) is 3.33. The van der Waals surface area contributed by atoms with Crippen molar-refractivity contribution in [1.29, 1.82) is 0 Å². The van der Waals surface area contributed by atoms with E-state index in [0.717, 1.165) is 4.88 Å². The summed E-state index contributed by atoms with van der Waals surface area (Å²) in [5.74, 6) is 0.307. The van der Waals surface area contributed by atoms with Gasteiger partial charge in [-0.15, -0.1) is 16.4 Å². The van der Waals surface area contributed by atoms with Crippen LogP contribution in [0.15, 0.2) is 18.3 Å². The fraction of sp³-hybridized carbons (Fsp3) is 0.364. The Bertz CT molecular complexity index is 575. The molecule has 1 atom stereocenters. The van der Waals surface area contributed by atoms with Gasteiger partial charge in [0.1, 0.15) is 6.20 Å². The highest BCUT2D eigenvalue weighted by Crippen LogP contribution is 2.29. The van der Waals surface area contributed by atoms with Crippen LogP contribution in [0.25, 0.3) is 0 Å². The van der Waals surface area contributed by atoms with Gasteiger partial charge in [0.2, 0.25) is 5.82 Å². The van der Waals surface area contributed by atoms with Gasteiger partial charge in [0.15, 0.2) is 0 Å². The summed E-state index contributed by atoms with van der Waals surface area (Å²) in [4.78, 5) is 12.8. The number of hydrogen-bond donors (Lipinski definition) is 1. The van der Waals surface area contributed by atoms with Gasteiger partial charge < -0.3 is 5.32 Å². The molecule has 96 valence electrons. The molecule has 2 heterocycles. The molecule has 0 aliphatic carbocycles. The maximum Gasteiger partial charge on any atom is 0.330 e. The van der Waals surface area contributed by atoms with Crippen molar-refractivity contribution in [3.63, 3.8) is 0 Å². The van der Waals surface area contributed by atoms with Crippen LogP contribution in [-0.2, 0) is 7.05 Å². The summed E-state index contributed by atoms with van der Waals surface area (Å²) >= 11 is 1.67. The van der Waals surface area contributed by atoms with E-state index in [1.54, 1.807) is 18.4 Å². The second kappa shape index (κ2) is 4.77. The van der Waals surface area contributed by atoms with Crippen molar-refractivity contribution in [2.75, 3.05) is 5.32 Å². The Balaban J connectivity index is 2.21. The number of nitro groups is 1. The number of aromatic nitrogens is 2. The molecule has 7 heteroatoms. The van der Waals surface area contributed by atoms with Crippen molar-refractivity contribution in [1.82, 2.24) is 9.78 Å². The molecule has 0 aliphatic rings. The van der Waals surface area contributed by atoms with Crippen LogP contribution in [0.2, 0.25) is 0 Å². The van der Waals surface area contributed by atoms with Crippen LogP contribution in [-0.4, -0.2) is 14.7 Å². The lowest BCUT2D eigenvalue weighted by Crippen LogP contribution is -2.07. The van der Waals surface area contributed by atoms with Gasteiger partial charge in [-0.3, -0.25) is 14.8 Å². The quantitative estimate of drug-likeness (QED) is 0.682. The molecule has 0 bridgehead atoms. The van der Waals surface area contributed by atoms with E-state index in [-0.39, 0.29) is 11.7 Å². The van der Waals surface area contributed by atoms with Gasteiger partial charge in [-0.1, -0.05) is 0 Å². The normalized spacial score (nSPS) is 12.4. The summed E-state index contributed by atoms with van der Waals surface area (Å²) in [6, 6.07) is 4.05. The largest absolute Gasteiger partial charge is 0.356 e. The van der Waals surface area contributed by atoms with E-state index in [4.69, 9.17) is 0 Å². The van der Waals surface area contributed by atoms with Gasteiger partial charge in [-0.25, -0.2) is 0 Å².